The molecule has 3 nitrogen and oxygen atoms in total. The molecule has 0 aliphatic carbocycles. The first-order valence-electron chi connectivity index (χ1n) is 5.46. The van der Waals surface area contributed by atoms with E-state index in [4.69, 9.17) is 5.73 Å². The molecule has 0 saturated carbocycles. The van der Waals surface area contributed by atoms with Gasteiger partial charge in [-0.25, -0.2) is 14.4 Å². The minimum Gasteiger partial charge on any atom is -0.325 e. The van der Waals surface area contributed by atoms with E-state index in [1.54, 1.807) is 12.1 Å². The summed E-state index contributed by atoms with van der Waals surface area (Å²) in [5.41, 5.74) is 7.76. The smallest absolute Gasteiger partial charge is 0.126 e. The van der Waals surface area contributed by atoms with E-state index in [0.717, 1.165) is 11.4 Å². The molecule has 0 aliphatic heterocycles. The molecular formula is C13H14FN3. The summed E-state index contributed by atoms with van der Waals surface area (Å²) in [5, 5.41) is 0. The first-order valence-corrected chi connectivity index (χ1v) is 5.46. The summed E-state index contributed by atoms with van der Waals surface area (Å²) in [5.74, 6) is 0.456. The Hall–Kier alpha value is -1.81. The van der Waals surface area contributed by atoms with E-state index in [2.05, 4.69) is 9.97 Å². The lowest BCUT2D eigenvalue weighted by Crippen LogP contribution is -2.05. The average Bonchev–Trinajstić information content (AvgIpc) is 2.31. The highest BCUT2D eigenvalue weighted by molar-refractivity contribution is 5.24. The van der Waals surface area contributed by atoms with Crippen LogP contribution in [0.2, 0.25) is 0 Å². The molecule has 88 valence electrons. The van der Waals surface area contributed by atoms with Gasteiger partial charge >= 0.3 is 0 Å². The van der Waals surface area contributed by atoms with Gasteiger partial charge in [-0.05, 0) is 24.6 Å². The molecule has 0 fully saturated rings. The maximum absolute atomic E-state index is 13.5. The van der Waals surface area contributed by atoms with Gasteiger partial charge in [0.25, 0.3) is 0 Å². The fourth-order valence-corrected chi connectivity index (χ4v) is 1.73. The number of hydrogen-bond donors (Lipinski definition) is 1. The van der Waals surface area contributed by atoms with E-state index in [9.17, 15) is 4.39 Å². The van der Waals surface area contributed by atoms with Gasteiger partial charge in [-0.1, -0.05) is 18.2 Å². The summed E-state index contributed by atoms with van der Waals surface area (Å²) in [6.07, 6.45) is 0.461. The SMILES string of the molecule is Cc1nc(CN)cc(Cc2ccccc2F)n1. The number of benzene rings is 1. The van der Waals surface area contributed by atoms with Crippen LogP contribution in [0.3, 0.4) is 0 Å². The predicted octanol–water partition coefficient (Wildman–Crippen LogP) is 1.97. The van der Waals surface area contributed by atoms with Crippen molar-refractivity contribution in [2.45, 2.75) is 19.9 Å². The van der Waals surface area contributed by atoms with Gasteiger partial charge in [-0.3, -0.25) is 0 Å². The molecule has 2 aromatic rings. The van der Waals surface area contributed by atoms with E-state index >= 15 is 0 Å². The van der Waals surface area contributed by atoms with Crippen molar-refractivity contribution in [1.82, 2.24) is 9.97 Å². The number of nitrogens with zero attached hydrogens (tertiary/aromatic N) is 2. The Morgan fingerprint density at radius 3 is 2.59 bits per heavy atom. The molecule has 0 unspecified atom stereocenters. The molecule has 1 heterocycles. The number of rotatable bonds is 3. The third-order valence-electron chi connectivity index (χ3n) is 2.48. The van der Waals surface area contributed by atoms with E-state index in [0.29, 0.717) is 24.4 Å². The van der Waals surface area contributed by atoms with Crippen LogP contribution >= 0.6 is 0 Å². The molecule has 0 aliphatic rings. The maximum atomic E-state index is 13.5. The molecular weight excluding hydrogens is 217 g/mol. The third kappa shape index (κ3) is 2.85. The van der Waals surface area contributed by atoms with Gasteiger partial charge in [0.2, 0.25) is 0 Å². The summed E-state index contributed by atoms with van der Waals surface area (Å²) < 4.78 is 13.5. The summed E-state index contributed by atoms with van der Waals surface area (Å²) in [6.45, 7) is 2.18. The van der Waals surface area contributed by atoms with Crippen LogP contribution in [0.25, 0.3) is 0 Å². The van der Waals surface area contributed by atoms with Crippen LogP contribution in [-0.2, 0) is 13.0 Å². The first kappa shape index (κ1) is 11.7. The van der Waals surface area contributed by atoms with Crippen molar-refractivity contribution in [2.24, 2.45) is 5.73 Å². The monoisotopic (exact) mass is 231 g/mol. The van der Waals surface area contributed by atoms with Crippen LogP contribution < -0.4 is 5.73 Å². The summed E-state index contributed by atoms with van der Waals surface area (Å²) in [6, 6.07) is 8.52. The summed E-state index contributed by atoms with van der Waals surface area (Å²) >= 11 is 0. The number of nitrogens with two attached hydrogens (primary N) is 1. The summed E-state index contributed by atoms with van der Waals surface area (Å²) in [4.78, 5) is 8.47. The largest absolute Gasteiger partial charge is 0.325 e. The number of hydrogen-bond acceptors (Lipinski definition) is 3. The Morgan fingerprint density at radius 2 is 1.88 bits per heavy atom. The Balaban J connectivity index is 2.30. The van der Waals surface area contributed by atoms with E-state index in [1.807, 2.05) is 19.1 Å². The highest BCUT2D eigenvalue weighted by Gasteiger charge is 2.05. The topological polar surface area (TPSA) is 51.8 Å². The van der Waals surface area contributed by atoms with Crippen LogP contribution in [0.1, 0.15) is 22.8 Å². The van der Waals surface area contributed by atoms with Crippen molar-refractivity contribution in [1.29, 1.82) is 0 Å². The minimum atomic E-state index is -0.210. The Bertz CT molecular complexity index is 526. The van der Waals surface area contributed by atoms with Gasteiger partial charge in [0.05, 0.1) is 5.69 Å². The lowest BCUT2D eigenvalue weighted by molar-refractivity contribution is 0.613. The van der Waals surface area contributed by atoms with Crippen LogP contribution in [0, 0.1) is 12.7 Å². The van der Waals surface area contributed by atoms with Crippen molar-refractivity contribution in [3.8, 4) is 0 Å². The Morgan fingerprint density at radius 1 is 1.18 bits per heavy atom. The molecule has 0 saturated heterocycles. The minimum absolute atomic E-state index is 0.210. The van der Waals surface area contributed by atoms with Gasteiger partial charge in [0, 0.05) is 18.7 Å². The number of aryl methyl sites for hydroxylation is 1. The Kier molecular flexibility index (Phi) is 3.44. The van der Waals surface area contributed by atoms with Crippen molar-refractivity contribution in [2.75, 3.05) is 0 Å². The lowest BCUT2D eigenvalue weighted by atomic mass is 10.1. The normalized spacial score (nSPS) is 10.5. The van der Waals surface area contributed by atoms with Crippen LogP contribution in [0.15, 0.2) is 30.3 Å². The van der Waals surface area contributed by atoms with Gasteiger partial charge < -0.3 is 5.73 Å². The van der Waals surface area contributed by atoms with Crippen molar-refractivity contribution in [3.63, 3.8) is 0 Å². The number of halogens is 1. The second-order valence-electron chi connectivity index (χ2n) is 3.87. The first-order chi connectivity index (χ1) is 8.19. The van der Waals surface area contributed by atoms with Crippen molar-refractivity contribution in [3.05, 3.63) is 58.9 Å². The van der Waals surface area contributed by atoms with E-state index in [-0.39, 0.29) is 5.82 Å². The highest BCUT2D eigenvalue weighted by atomic mass is 19.1. The zero-order valence-electron chi connectivity index (χ0n) is 9.65. The quantitative estimate of drug-likeness (QED) is 0.878. The molecule has 1 aromatic carbocycles. The molecule has 2 N–H and O–H groups in total. The van der Waals surface area contributed by atoms with Crippen molar-refractivity contribution < 1.29 is 4.39 Å². The maximum Gasteiger partial charge on any atom is 0.126 e. The fraction of sp³-hybridized carbons (Fsp3) is 0.231. The predicted molar refractivity (Wildman–Crippen MR) is 63.9 cm³/mol. The van der Waals surface area contributed by atoms with Gasteiger partial charge in [-0.2, -0.15) is 0 Å². The molecule has 0 atom stereocenters. The molecule has 0 spiro atoms. The molecule has 4 heteroatoms. The van der Waals surface area contributed by atoms with E-state index in [1.165, 1.54) is 6.07 Å². The zero-order valence-corrected chi connectivity index (χ0v) is 9.65. The van der Waals surface area contributed by atoms with Crippen LogP contribution in [0.4, 0.5) is 4.39 Å². The highest BCUT2D eigenvalue weighted by Crippen LogP contribution is 2.12. The van der Waals surface area contributed by atoms with Crippen molar-refractivity contribution >= 4 is 0 Å². The second kappa shape index (κ2) is 5.01. The molecule has 2 rings (SSSR count). The molecule has 17 heavy (non-hydrogen) atoms. The van der Waals surface area contributed by atoms with E-state index < -0.39 is 0 Å². The molecule has 0 amide bonds. The molecule has 0 radical (unpaired) electrons. The molecule has 1 aromatic heterocycles. The Labute approximate surface area is 99.5 Å². The fourth-order valence-electron chi connectivity index (χ4n) is 1.73. The average molecular weight is 231 g/mol. The summed E-state index contributed by atoms with van der Waals surface area (Å²) in [7, 11) is 0. The van der Waals surface area contributed by atoms with Gasteiger partial charge in [-0.15, -0.1) is 0 Å². The second-order valence-corrected chi connectivity index (χ2v) is 3.87. The third-order valence-corrected chi connectivity index (χ3v) is 2.48. The van der Waals surface area contributed by atoms with Gasteiger partial charge in [0.1, 0.15) is 11.6 Å². The van der Waals surface area contributed by atoms with Gasteiger partial charge in [0.15, 0.2) is 0 Å². The molecule has 0 bridgehead atoms. The zero-order chi connectivity index (χ0) is 12.3. The lowest BCUT2D eigenvalue weighted by Gasteiger charge is -2.05. The standard InChI is InChI=1S/C13H14FN3/c1-9-16-11(7-12(8-15)17-9)6-10-4-2-3-5-13(10)14/h2-5,7H,6,8,15H2,1H3. The van der Waals surface area contributed by atoms with Crippen LogP contribution in [-0.4, -0.2) is 9.97 Å². The van der Waals surface area contributed by atoms with Crippen LogP contribution in [0.5, 0.6) is 0 Å². The number of aromatic nitrogens is 2.